The van der Waals surface area contributed by atoms with Crippen molar-refractivity contribution in [1.82, 2.24) is 0 Å². The first kappa shape index (κ1) is 15.9. The summed E-state index contributed by atoms with van der Waals surface area (Å²) in [5, 5.41) is 0. The van der Waals surface area contributed by atoms with Gasteiger partial charge in [-0.05, 0) is 11.1 Å². The van der Waals surface area contributed by atoms with Crippen LogP contribution in [0.4, 0.5) is 5.69 Å². The normalized spacial score (nSPS) is 10.6. The highest BCUT2D eigenvalue weighted by Crippen LogP contribution is 2.41. The van der Waals surface area contributed by atoms with E-state index < -0.39 is 5.63 Å². The molecule has 0 aliphatic heterocycles. The van der Waals surface area contributed by atoms with E-state index in [0.29, 0.717) is 11.3 Å². The first-order valence-electron chi connectivity index (χ1n) is 8.38. The maximum Gasteiger partial charge on any atom is 0.360 e. The van der Waals surface area contributed by atoms with Gasteiger partial charge in [0, 0.05) is 16.7 Å². The van der Waals surface area contributed by atoms with Crippen molar-refractivity contribution < 1.29 is 4.42 Å². The van der Waals surface area contributed by atoms with Crippen molar-refractivity contribution in [1.29, 1.82) is 0 Å². The SMILES string of the molecule is Nc1c(-c2ccccc2)c(-c2ccccc2)c(-c2ccccc2)oc1=O. The summed E-state index contributed by atoms with van der Waals surface area (Å²) in [7, 11) is 0. The molecule has 0 amide bonds. The third-order valence-corrected chi connectivity index (χ3v) is 4.32. The standard InChI is InChI=1S/C23H17NO2/c24-21-19(16-10-4-1-5-11-16)20(17-12-6-2-7-13-17)22(26-23(21)25)18-14-8-3-9-15-18/h1-15H,24H2. The van der Waals surface area contributed by atoms with Crippen LogP contribution in [-0.4, -0.2) is 0 Å². The minimum Gasteiger partial charge on any atom is -0.421 e. The maximum atomic E-state index is 12.5. The van der Waals surface area contributed by atoms with E-state index >= 15 is 0 Å². The van der Waals surface area contributed by atoms with E-state index in [-0.39, 0.29) is 5.69 Å². The van der Waals surface area contributed by atoms with Gasteiger partial charge in [0.1, 0.15) is 11.4 Å². The Morgan fingerprint density at radius 2 is 1.00 bits per heavy atom. The average molecular weight is 339 g/mol. The highest BCUT2D eigenvalue weighted by Gasteiger charge is 2.21. The number of benzene rings is 3. The van der Waals surface area contributed by atoms with Crippen LogP contribution in [0.15, 0.2) is 100 Å². The van der Waals surface area contributed by atoms with E-state index in [2.05, 4.69) is 0 Å². The maximum absolute atomic E-state index is 12.5. The minimum atomic E-state index is -0.526. The van der Waals surface area contributed by atoms with E-state index in [1.54, 1.807) is 0 Å². The molecule has 0 aliphatic rings. The Labute approximate surface area is 151 Å². The van der Waals surface area contributed by atoms with Crippen molar-refractivity contribution in [2.75, 3.05) is 5.73 Å². The molecule has 26 heavy (non-hydrogen) atoms. The lowest BCUT2D eigenvalue weighted by molar-refractivity contribution is 0.531. The topological polar surface area (TPSA) is 56.2 Å². The molecule has 0 fully saturated rings. The molecule has 1 aromatic heterocycles. The molecule has 0 saturated heterocycles. The van der Waals surface area contributed by atoms with Crippen molar-refractivity contribution in [3.8, 4) is 33.6 Å². The van der Waals surface area contributed by atoms with Crippen LogP contribution in [-0.2, 0) is 0 Å². The van der Waals surface area contributed by atoms with Crippen LogP contribution in [0.25, 0.3) is 33.6 Å². The summed E-state index contributed by atoms with van der Waals surface area (Å²) in [5.74, 6) is 0.523. The molecule has 4 aromatic rings. The fourth-order valence-electron chi connectivity index (χ4n) is 3.13. The summed E-state index contributed by atoms with van der Waals surface area (Å²) in [4.78, 5) is 12.5. The molecule has 0 aliphatic carbocycles. The van der Waals surface area contributed by atoms with Gasteiger partial charge in [-0.25, -0.2) is 4.79 Å². The summed E-state index contributed by atoms with van der Waals surface area (Å²) in [5.41, 5.74) is 9.97. The predicted molar refractivity (Wildman–Crippen MR) is 106 cm³/mol. The highest BCUT2D eigenvalue weighted by molar-refractivity contribution is 5.96. The summed E-state index contributed by atoms with van der Waals surface area (Å²) in [6.07, 6.45) is 0. The third kappa shape index (κ3) is 2.80. The molecule has 0 unspecified atom stereocenters. The zero-order valence-corrected chi connectivity index (χ0v) is 14.1. The van der Waals surface area contributed by atoms with Gasteiger partial charge in [-0.3, -0.25) is 0 Å². The number of rotatable bonds is 3. The van der Waals surface area contributed by atoms with Gasteiger partial charge in [0.2, 0.25) is 0 Å². The average Bonchev–Trinajstić information content (AvgIpc) is 2.71. The Hall–Kier alpha value is -3.59. The zero-order chi connectivity index (χ0) is 17.9. The highest BCUT2D eigenvalue weighted by atomic mass is 16.4. The summed E-state index contributed by atoms with van der Waals surface area (Å²) in [6.45, 7) is 0. The Morgan fingerprint density at radius 3 is 1.50 bits per heavy atom. The summed E-state index contributed by atoms with van der Waals surface area (Å²) >= 11 is 0. The van der Waals surface area contributed by atoms with Crippen LogP contribution < -0.4 is 11.4 Å². The monoisotopic (exact) mass is 339 g/mol. The second-order valence-corrected chi connectivity index (χ2v) is 5.98. The second kappa shape index (κ2) is 6.73. The molecule has 3 nitrogen and oxygen atoms in total. The van der Waals surface area contributed by atoms with Gasteiger partial charge in [0.25, 0.3) is 0 Å². The van der Waals surface area contributed by atoms with Crippen molar-refractivity contribution in [2.45, 2.75) is 0 Å². The number of nitrogens with two attached hydrogens (primary N) is 1. The van der Waals surface area contributed by atoms with Gasteiger partial charge in [-0.2, -0.15) is 0 Å². The molecule has 3 heteroatoms. The van der Waals surface area contributed by atoms with Gasteiger partial charge in [0.05, 0.1) is 0 Å². The molecular weight excluding hydrogens is 322 g/mol. The number of hydrogen-bond donors (Lipinski definition) is 1. The van der Waals surface area contributed by atoms with Crippen LogP contribution in [0.1, 0.15) is 0 Å². The largest absolute Gasteiger partial charge is 0.421 e. The van der Waals surface area contributed by atoms with Gasteiger partial charge in [0.15, 0.2) is 0 Å². The first-order chi connectivity index (χ1) is 12.8. The zero-order valence-electron chi connectivity index (χ0n) is 14.1. The predicted octanol–water partition coefficient (Wildman–Crippen LogP) is 5.22. The number of anilines is 1. The Balaban J connectivity index is 2.14. The van der Waals surface area contributed by atoms with E-state index in [1.165, 1.54) is 0 Å². The van der Waals surface area contributed by atoms with E-state index in [0.717, 1.165) is 22.3 Å². The van der Waals surface area contributed by atoms with Crippen molar-refractivity contribution in [3.63, 3.8) is 0 Å². The fraction of sp³-hybridized carbons (Fsp3) is 0. The van der Waals surface area contributed by atoms with Crippen molar-refractivity contribution in [3.05, 3.63) is 101 Å². The van der Waals surface area contributed by atoms with Gasteiger partial charge in [-0.15, -0.1) is 0 Å². The first-order valence-corrected chi connectivity index (χ1v) is 8.38. The van der Waals surface area contributed by atoms with Crippen LogP contribution >= 0.6 is 0 Å². The molecule has 0 bridgehead atoms. The van der Waals surface area contributed by atoms with Crippen molar-refractivity contribution >= 4 is 5.69 Å². The summed E-state index contributed by atoms with van der Waals surface area (Å²) in [6, 6.07) is 29.2. The lowest BCUT2D eigenvalue weighted by Gasteiger charge is -2.16. The molecular formula is C23H17NO2. The quantitative estimate of drug-likeness (QED) is 0.556. The minimum absolute atomic E-state index is 0.120. The fourth-order valence-corrected chi connectivity index (χ4v) is 3.13. The molecule has 0 spiro atoms. The molecule has 2 N–H and O–H groups in total. The molecule has 0 saturated carbocycles. The van der Waals surface area contributed by atoms with E-state index in [4.69, 9.17) is 10.2 Å². The molecule has 0 radical (unpaired) electrons. The van der Waals surface area contributed by atoms with Crippen molar-refractivity contribution in [2.24, 2.45) is 0 Å². The van der Waals surface area contributed by atoms with Gasteiger partial charge < -0.3 is 10.2 Å². The molecule has 0 atom stereocenters. The Kier molecular flexibility index (Phi) is 4.12. The Bertz CT molecular complexity index is 1090. The smallest absolute Gasteiger partial charge is 0.360 e. The number of hydrogen-bond acceptors (Lipinski definition) is 3. The molecule has 3 aromatic carbocycles. The lowest BCUT2D eigenvalue weighted by atomic mass is 9.91. The van der Waals surface area contributed by atoms with Crippen LogP contribution in [0.2, 0.25) is 0 Å². The van der Waals surface area contributed by atoms with E-state index in [9.17, 15) is 4.79 Å². The summed E-state index contributed by atoms with van der Waals surface area (Å²) < 4.78 is 5.66. The van der Waals surface area contributed by atoms with Crippen LogP contribution in [0.3, 0.4) is 0 Å². The molecule has 4 rings (SSSR count). The third-order valence-electron chi connectivity index (χ3n) is 4.32. The second-order valence-electron chi connectivity index (χ2n) is 5.98. The van der Waals surface area contributed by atoms with Crippen LogP contribution in [0, 0.1) is 0 Å². The Morgan fingerprint density at radius 1 is 0.577 bits per heavy atom. The molecule has 1 heterocycles. The lowest BCUT2D eigenvalue weighted by Crippen LogP contribution is -2.11. The number of nitrogen functional groups attached to an aromatic ring is 1. The molecule has 126 valence electrons. The van der Waals surface area contributed by atoms with E-state index in [1.807, 2.05) is 91.0 Å². The van der Waals surface area contributed by atoms with Gasteiger partial charge >= 0.3 is 5.63 Å². The van der Waals surface area contributed by atoms with Crippen LogP contribution in [0.5, 0.6) is 0 Å². The van der Waals surface area contributed by atoms with Gasteiger partial charge in [-0.1, -0.05) is 91.0 Å².